The first kappa shape index (κ1) is 17.3. The Morgan fingerprint density at radius 3 is 2.14 bits per heavy atom. The lowest BCUT2D eigenvalue weighted by Gasteiger charge is -2.35. The fourth-order valence-corrected chi connectivity index (χ4v) is 4.55. The molecule has 1 heterocycles. The summed E-state index contributed by atoms with van der Waals surface area (Å²) in [5.74, 6) is 4.51. The van der Waals surface area contributed by atoms with Gasteiger partial charge in [-0.3, -0.25) is 0 Å². The molecule has 124 valence electrons. The third-order valence-corrected chi connectivity index (χ3v) is 6.42. The van der Waals surface area contributed by atoms with Crippen molar-refractivity contribution in [3.63, 3.8) is 0 Å². The van der Waals surface area contributed by atoms with Crippen molar-refractivity contribution in [3.05, 3.63) is 0 Å². The van der Waals surface area contributed by atoms with Crippen LogP contribution >= 0.6 is 0 Å². The second kappa shape index (κ2) is 8.56. The lowest BCUT2D eigenvalue weighted by atomic mass is 9.73. The molecule has 0 bridgehead atoms. The van der Waals surface area contributed by atoms with E-state index in [1.807, 2.05) is 0 Å². The minimum Gasteiger partial charge on any atom is -0.378 e. The van der Waals surface area contributed by atoms with Crippen LogP contribution in [0.1, 0.15) is 85.5 Å². The second-order valence-electron chi connectivity index (χ2n) is 8.30. The molecule has 1 heteroatoms. The lowest BCUT2D eigenvalue weighted by Crippen LogP contribution is -2.30. The normalized spacial score (nSPS) is 37.1. The molecule has 0 aromatic rings. The summed E-state index contributed by atoms with van der Waals surface area (Å²) in [5, 5.41) is 0. The molecule has 0 radical (unpaired) electrons. The Kier molecular flexibility index (Phi) is 7.05. The van der Waals surface area contributed by atoms with Gasteiger partial charge < -0.3 is 4.74 Å². The van der Waals surface area contributed by atoms with Crippen LogP contribution in [0.4, 0.5) is 0 Å². The van der Waals surface area contributed by atoms with Gasteiger partial charge in [-0.2, -0.15) is 0 Å². The van der Waals surface area contributed by atoms with Crippen molar-refractivity contribution in [1.82, 2.24) is 0 Å². The Bertz CT molecular complexity index is 272. The van der Waals surface area contributed by atoms with Crippen molar-refractivity contribution in [2.45, 2.75) is 91.6 Å². The van der Waals surface area contributed by atoms with Crippen LogP contribution in [0.3, 0.4) is 0 Å². The van der Waals surface area contributed by atoms with Crippen LogP contribution < -0.4 is 0 Å². The summed E-state index contributed by atoms with van der Waals surface area (Å²) >= 11 is 0. The van der Waals surface area contributed by atoms with Crippen LogP contribution in [0.2, 0.25) is 0 Å². The smallest absolute Gasteiger partial charge is 0.0600 e. The summed E-state index contributed by atoms with van der Waals surface area (Å²) < 4.78 is 6.08. The van der Waals surface area contributed by atoms with Crippen LogP contribution in [0.15, 0.2) is 0 Å². The highest BCUT2D eigenvalue weighted by Crippen LogP contribution is 2.37. The molecule has 0 aromatic carbocycles. The van der Waals surface area contributed by atoms with Crippen molar-refractivity contribution < 1.29 is 4.74 Å². The summed E-state index contributed by atoms with van der Waals surface area (Å²) in [6.45, 7) is 10.6. The largest absolute Gasteiger partial charge is 0.378 e. The van der Waals surface area contributed by atoms with Gasteiger partial charge in [0.1, 0.15) is 0 Å². The SMILES string of the molecule is CCC(CCC(C)C1CC[C@H](C)CO1)C1CCC(C)CC1. The molecule has 2 fully saturated rings. The highest BCUT2D eigenvalue weighted by Gasteiger charge is 2.28. The average Bonchev–Trinajstić information content (AvgIpc) is 2.50. The molecule has 1 saturated heterocycles. The summed E-state index contributed by atoms with van der Waals surface area (Å²) in [6.07, 6.45) is 13.3. The predicted molar refractivity (Wildman–Crippen MR) is 91.4 cm³/mol. The van der Waals surface area contributed by atoms with E-state index in [1.165, 1.54) is 57.8 Å². The van der Waals surface area contributed by atoms with Crippen LogP contribution in [0.5, 0.6) is 0 Å². The third kappa shape index (κ3) is 5.27. The minimum atomic E-state index is 0.546. The molecule has 1 saturated carbocycles. The fraction of sp³-hybridized carbons (Fsp3) is 1.00. The van der Waals surface area contributed by atoms with Crippen molar-refractivity contribution in [3.8, 4) is 0 Å². The summed E-state index contributed by atoms with van der Waals surface area (Å²) in [4.78, 5) is 0. The van der Waals surface area contributed by atoms with Gasteiger partial charge in [0.15, 0.2) is 0 Å². The van der Waals surface area contributed by atoms with E-state index in [-0.39, 0.29) is 0 Å². The van der Waals surface area contributed by atoms with Crippen molar-refractivity contribution in [2.24, 2.45) is 29.6 Å². The van der Waals surface area contributed by atoms with Gasteiger partial charge in [0, 0.05) is 6.61 Å². The van der Waals surface area contributed by atoms with Crippen molar-refractivity contribution in [1.29, 1.82) is 0 Å². The maximum atomic E-state index is 6.08. The van der Waals surface area contributed by atoms with Crippen LogP contribution in [-0.4, -0.2) is 12.7 Å². The first-order chi connectivity index (χ1) is 10.1. The molecule has 1 nitrogen and oxygen atoms in total. The first-order valence-electron chi connectivity index (χ1n) is 9.71. The van der Waals surface area contributed by atoms with Crippen LogP contribution in [0, 0.1) is 29.6 Å². The molecule has 4 atom stereocenters. The van der Waals surface area contributed by atoms with E-state index in [0.29, 0.717) is 6.10 Å². The molecule has 3 unspecified atom stereocenters. The Hall–Kier alpha value is -0.0400. The summed E-state index contributed by atoms with van der Waals surface area (Å²) in [7, 11) is 0. The van der Waals surface area contributed by atoms with E-state index >= 15 is 0 Å². The van der Waals surface area contributed by atoms with E-state index in [4.69, 9.17) is 4.74 Å². The third-order valence-electron chi connectivity index (χ3n) is 6.42. The Morgan fingerprint density at radius 1 is 0.905 bits per heavy atom. The number of ether oxygens (including phenoxy) is 1. The van der Waals surface area contributed by atoms with Crippen molar-refractivity contribution >= 4 is 0 Å². The van der Waals surface area contributed by atoms with Gasteiger partial charge >= 0.3 is 0 Å². The zero-order valence-electron chi connectivity index (χ0n) is 14.9. The maximum Gasteiger partial charge on any atom is 0.0600 e. The highest BCUT2D eigenvalue weighted by atomic mass is 16.5. The number of hydrogen-bond donors (Lipinski definition) is 0. The van der Waals surface area contributed by atoms with E-state index in [2.05, 4.69) is 27.7 Å². The van der Waals surface area contributed by atoms with E-state index in [0.717, 1.165) is 36.2 Å². The van der Waals surface area contributed by atoms with Gasteiger partial charge in [0.05, 0.1) is 6.10 Å². The molecule has 1 aliphatic carbocycles. The molecule has 1 aliphatic heterocycles. The molecule has 0 amide bonds. The first-order valence-corrected chi connectivity index (χ1v) is 9.71. The summed E-state index contributed by atoms with van der Waals surface area (Å²) in [6, 6.07) is 0. The van der Waals surface area contributed by atoms with Gasteiger partial charge in [-0.15, -0.1) is 0 Å². The fourth-order valence-electron chi connectivity index (χ4n) is 4.55. The van der Waals surface area contributed by atoms with Gasteiger partial charge in [-0.1, -0.05) is 47.0 Å². The van der Waals surface area contributed by atoms with Gasteiger partial charge in [0.2, 0.25) is 0 Å². The van der Waals surface area contributed by atoms with E-state index in [1.54, 1.807) is 0 Å². The van der Waals surface area contributed by atoms with Crippen LogP contribution in [-0.2, 0) is 4.74 Å². The van der Waals surface area contributed by atoms with Crippen molar-refractivity contribution in [2.75, 3.05) is 6.61 Å². The number of hydrogen-bond acceptors (Lipinski definition) is 1. The van der Waals surface area contributed by atoms with Gasteiger partial charge in [0.25, 0.3) is 0 Å². The molecule has 0 aromatic heterocycles. The molecule has 21 heavy (non-hydrogen) atoms. The Morgan fingerprint density at radius 2 is 1.57 bits per heavy atom. The lowest BCUT2D eigenvalue weighted by molar-refractivity contribution is -0.0426. The quantitative estimate of drug-likeness (QED) is 0.577. The second-order valence-corrected chi connectivity index (χ2v) is 8.30. The minimum absolute atomic E-state index is 0.546. The molecule has 2 aliphatic rings. The monoisotopic (exact) mass is 294 g/mol. The molecular weight excluding hydrogens is 256 g/mol. The predicted octanol–water partition coefficient (Wildman–Crippen LogP) is 6.07. The van der Waals surface area contributed by atoms with E-state index in [9.17, 15) is 0 Å². The zero-order chi connectivity index (χ0) is 15.2. The van der Waals surface area contributed by atoms with Crippen LogP contribution in [0.25, 0.3) is 0 Å². The zero-order valence-corrected chi connectivity index (χ0v) is 14.9. The Balaban J connectivity index is 1.72. The molecule has 0 N–H and O–H groups in total. The summed E-state index contributed by atoms with van der Waals surface area (Å²) in [5.41, 5.74) is 0. The highest BCUT2D eigenvalue weighted by molar-refractivity contribution is 4.78. The molecular formula is C20H38O. The average molecular weight is 295 g/mol. The van der Waals surface area contributed by atoms with Gasteiger partial charge in [-0.05, 0) is 68.1 Å². The van der Waals surface area contributed by atoms with Gasteiger partial charge in [-0.25, -0.2) is 0 Å². The molecule has 2 rings (SSSR count). The molecule has 0 spiro atoms. The Labute approximate surface area is 133 Å². The standard InChI is InChI=1S/C20H38O/c1-5-18(19-10-6-15(2)7-11-19)12-9-17(4)20-13-8-16(3)14-21-20/h15-20H,5-14H2,1-4H3/t15?,16-,17?,18?,19?,20?/m0/s1. The maximum absolute atomic E-state index is 6.08. The van der Waals surface area contributed by atoms with E-state index < -0.39 is 0 Å². The topological polar surface area (TPSA) is 9.23 Å². The number of rotatable bonds is 6.